The minimum atomic E-state index is 0.717. The van der Waals surface area contributed by atoms with Crippen LogP contribution in [0, 0.1) is 0 Å². The van der Waals surface area contributed by atoms with Crippen molar-refractivity contribution in [2.24, 2.45) is 0 Å². The first-order chi connectivity index (χ1) is 10.7. The molecular formula is C20H12BCl. The molecule has 0 fully saturated rings. The van der Waals surface area contributed by atoms with Crippen molar-refractivity contribution in [3.8, 4) is 11.1 Å². The summed E-state index contributed by atoms with van der Waals surface area (Å²) in [6, 6.07) is 24.8. The Morgan fingerprint density at radius 3 is 2.36 bits per heavy atom. The number of benzene rings is 4. The molecule has 0 amide bonds. The van der Waals surface area contributed by atoms with Crippen molar-refractivity contribution >= 4 is 46.5 Å². The molecule has 0 unspecified atom stereocenters. The molecule has 102 valence electrons. The summed E-state index contributed by atoms with van der Waals surface area (Å²) in [5, 5.41) is 5.70. The summed E-state index contributed by atoms with van der Waals surface area (Å²) >= 11 is 6.32. The molecule has 0 nitrogen and oxygen atoms in total. The van der Waals surface area contributed by atoms with Crippen LogP contribution in [-0.4, -0.2) is 7.85 Å². The van der Waals surface area contributed by atoms with E-state index in [-0.39, 0.29) is 0 Å². The molecule has 0 aliphatic heterocycles. The van der Waals surface area contributed by atoms with E-state index < -0.39 is 0 Å². The van der Waals surface area contributed by atoms with Crippen LogP contribution in [0.15, 0.2) is 72.8 Å². The van der Waals surface area contributed by atoms with Gasteiger partial charge in [0.2, 0.25) is 0 Å². The molecule has 0 aliphatic rings. The van der Waals surface area contributed by atoms with Crippen LogP contribution in [0.25, 0.3) is 32.7 Å². The van der Waals surface area contributed by atoms with Crippen molar-refractivity contribution in [2.45, 2.75) is 0 Å². The molecule has 0 aromatic heterocycles. The van der Waals surface area contributed by atoms with E-state index in [1.165, 1.54) is 21.5 Å². The SMILES string of the molecule is [B]c1ccc(Cl)c(-c2ccc3c(ccc4ccccc43)c2)c1. The Kier molecular flexibility index (Phi) is 3.17. The molecule has 0 atom stereocenters. The van der Waals surface area contributed by atoms with Gasteiger partial charge in [-0.15, -0.1) is 0 Å². The normalized spacial score (nSPS) is 11.1. The highest BCUT2D eigenvalue weighted by molar-refractivity contribution is 6.36. The topological polar surface area (TPSA) is 0 Å². The number of rotatable bonds is 1. The molecule has 0 N–H and O–H groups in total. The molecule has 0 spiro atoms. The second-order valence-corrected chi connectivity index (χ2v) is 5.87. The van der Waals surface area contributed by atoms with E-state index in [1.54, 1.807) is 0 Å². The molecule has 0 saturated carbocycles. The molecule has 4 aromatic carbocycles. The van der Waals surface area contributed by atoms with E-state index in [0.717, 1.165) is 16.6 Å². The van der Waals surface area contributed by atoms with Crippen LogP contribution < -0.4 is 5.46 Å². The number of hydrogen-bond acceptors (Lipinski definition) is 0. The van der Waals surface area contributed by atoms with Crippen LogP contribution >= 0.6 is 11.6 Å². The molecule has 0 saturated heterocycles. The second-order valence-electron chi connectivity index (χ2n) is 5.46. The van der Waals surface area contributed by atoms with Gasteiger partial charge in [-0.3, -0.25) is 0 Å². The Labute approximate surface area is 135 Å². The van der Waals surface area contributed by atoms with Gasteiger partial charge in [0.15, 0.2) is 0 Å². The fourth-order valence-corrected chi connectivity index (χ4v) is 3.17. The zero-order valence-corrected chi connectivity index (χ0v) is 12.6. The molecular weight excluding hydrogens is 286 g/mol. The van der Waals surface area contributed by atoms with Crippen molar-refractivity contribution in [3.05, 3.63) is 77.8 Å². The summed E-state index contributed by atoms with van der Waals surface area (Å²) in [6.07, 6.45) is 0. The third-order valence-corrected chi connectivity index (χ3v) is 4.38. The largest absolute Gasteiger partial charge is 0.113 e. The van der Waals surface area contributed by atoms with Gasteiger partial charge in [0.25, 0.3) is 0 Å². The average Bonchev–Trinajstić information content (AvgIpc) is 2.56. The van der Waals surface area contributed by atoms with Crippen LogP contribution in [0.2, 0.25) is 5.02 Å². The Morgan fingerprint density at radius 1 is 0.682 bits per heavy atom. The van der Waals surface area contributed by atoms with Crippen molar-refractivity contribution in [3.63, 3.8) is 0 Å². The molecule has 4 aromatic rings. The van der Waals surface area contributed by atoms with Gasteiger partial charge < -0.3 is 0 Å². The number of fused-ring (bicyclic) bond motifs is 3. The second kappa shape index (κ2) is 5.19. The van der Waals surface area contributed by atoms with Crippen LogP contribution in [-0.2, 0) is 0 Å². The first kappa shape index (κ1) is 13.4. The molecule has 4 rings (SSSR count). The first-order valence-corrected chi connectivity index (χ1v) is 7.57. The fourth-order valence-electron chi connectivity index (χ4n) is 2.94. The van der Waals surface area contributed by atoms with Gasteiger partial charge in [-0.05, 0) is 44.8 Å². The van der Waals surface area contributed by atoms with Crippen LogP contribution in [0.3, 0.4) is 0 Å². The third-order valence-electron chi connectivity index (χ3n) is 4.05. The molecule has 0 heterocycles. The zero-order chi connectivity index (χ0) is 15.1. The highest BCUT2D eigenvalue weighted by atomic mass is 35.5. The quantitative estimate of drug-likeness (QED) is 0.338. The highest BCUT2D eigenvalue weighted by Crippen LogP contribution is 2.32. The summed E-state index contributed by atoms with van der Waals surface area (Å²) < 4.78 is 0. The van der Waals surface area contributed by atoms with E-state index in [0.29, 0.717) is 5.02 Å². The summed E-state index contributed by atoms with van der Waals surface area (Å²) in [5.74, 6) is 0. The van der Waals surface area contributed by atoms with Gasteiger partial charge in [-0.2, -0.15) is 0 Å². The molecule has 0 aliphatic carbocycles. The lowest BCUT2D eigenvalue weighted by molar-refractivity contribution is 1.67. The lowest BCUT2D eigenvalue weighted by Crippen LogP contribution is -2.01. The van der Waals surface area contributed by atoms with E-state index in [1.807, 2.05) is 18.2 Å². The van der Waals surface area contributed by atoms with Gasteiger partial charge in [0.05, 0.1) is 0 Å². The van der Waals surface area contributed by atoms with E-state index >= 15 is 0 Å². The van der Waals surface area contributed by atoms with E-state index in [9.17, 15) is 0 Å². The predicted octanol–water partition coefficient (Wildman–Crippen LogP) is 5.11. The molecule has 2 heteroatoms. The monoisotopic (exact) mass is 298 g/mol. The van der Waals surface area contributed by atoms with Crippen LogP contribution in [0.5, 0.6) is 0 Å². The third kappa shape index (κ3) is 2.19. The molecule has 2 radical (unpaired) electrons. The Hall–Kier alpha value is -2.25. The van der Waals surface area contributed by atoms with E-state index in [2.05, 4.69) is 54.6 Å². The fraction of sp³-hybridized carbons (Fsp3) is 0. The first-order valence-electron chi connectivity index (χ1n) is 7.19. The molecule has 22 heavy (non-hydrogen) atoms. The maximum absolute atomic E-state index is 6.32. The van der Waals surface area contributed by atoms with Gasteiger partial charge >= 0.3 is 0 Å². The smallest absolute Gasteiger partial charge is 0.0960 e. The average molecular weight is 299 g/mol. The highest BCUT2D eigenvalue weighted by Gasteiger charge is 2.06. The number of halogens is 1. The van der Waals surface area contributed by atoms with Crippen LogP contribution in [0.1, 0.15) is 0 Å². The van der Waals surface area contributed by atoms with Crippen LogP contribution in [0.4, 0.5) is 0 Å². The van der Waals surface area contributed by atoms with Crippen molar-refractivity contribution in [1.82, 2.24) is 0 Å². The molecule has 0 bridgehead atoms. The van der Waals surface area contributed by atoms with E-state index in [4.69, 9.17) is 19.4 Å². The van der Waals surface area contributed by atoms with Crippen molar-refractivity contribution in [1.29, 1.82) is 0 Å². The standard InChI is InChI=1S/C20H12BCl/c21-16-8-10-20(22)19(12-16)15-7-9-18-14(11-15)6-5-13-3-1-2-4-17(13)18/h1-12H. The maximum atomic E-state index is 6.32. The van der Waals surface area contributed by atoms with Gasteiger partial charge in [0.1, 0.15) is 7.85 Å². The maximum Gasteiger partial charge on any atom is 0.113 e. The van der Waals surface area contributed by atoms with Crippen molar-refractivity contribution in [2.75, 3.05) is 0 Å². The Morgan fingerprint density at radius 2 is 1.45 bits per heavy atom. The lowest BCUT2D eigenvalue weighted by atomic mass is 9.91. The van der Waals surface area contributed by atoms with Gasteiger partial charge in [0, 0.05) is 5.02 Å². The minimum absolute atomic E-state index is 0.717. The van der Waals surface area contributed by atoms with Crippen molar-refractivity contribution < 1.29 is 0 Å². The van der Waals surface area contributed by atoms with Gasteiger partial charge in [-0.25, -0.2) is 0 Å². The minimum Gasteiger partial charge on any atom is -0.0960 e. The summed E-state index contributed by atoms with van der Waals surface area (Å²) in [7, 11) is 5.89. The summed E-state index contributed by atoms with van der Waals surface area (Å²) in [5.41, 5.74) is 2.77. The summed E-state index contributed by atoms with van der Waals surface area (Å²) in [6.45, 7) is 0. The lowest BCUT2D eigenvalue weighted by Gasteiger charge is -2.09. The zero-order valence-electron chi connectivity index (χ0n) is 11.9. The number of hydrogen-bond donors (Lipinski definition) is 0. The Bertz CT molecular complexity index is 1000. The Balaban J connectivity index is 1.98. The van der Waals surface area contributed by atoms with Gasteiger partial charge in [-0.1, -0.05) is 77.7 Å². The summed E-state index contributed by atoms with van der Waals surface area (Å²) in [4.78, 5) is 0. The predicted molar refractivity (Wildman–Crippen MR) is 97.3 cm³/mol.